The molecular formula is C33H29NO6Se. The normalized spacial score (nSPS) is 10.6. The van der Waals surface area contributed by atoms with Gasteiger partial charge >= 0.3 is 245 Å². The average Bonchev–Trinajstić information content (AvgIpc) is 3.49. The summed E-state index contributed by atoms with van der Waals surface area (Å²) in [5, 5.41) is 0. The summed E-state index contributed by atoms with van der Waals surface area (Å²) < 4.78 is 30.0. The fourth-order valence-corrected chi connectivity index (χ4v) is 6.58. The predicted octanol–water partition coefficient (Wildman–Crippen LogP) is 6.32. The summed E-state index contributed by atoms with van der Waals surface area (Å²) in [6, 6.07) is 28.6. The van der Waals surface area contributed by atoms with Crippen molar-refractivity contribution in [2.24, 2.45) is 0 Å². The molecule has 5 aromatic rings. The summed E-state index contributed by atoms with van der Waals surface area (Å²) in [7, 11) is 6.34. The minimum atomic E-state index is -0.405. The summed E-state index contributed by atoms with van der Waals surface area (Å²) in [5.41, 5.74) is 3.95. The first-order valence-corrected chi connectivity index (χ1v) is 14.5. The van der Waals surface area contributed by atoms with E-state index < -0.39 is 14.5 Å². The number of ketones is 1. The molecule has 0 unspecified atom stereocenters. The number of methoxy groups -OCH3 is 4. The van der Waals surface area contributed by atoms with Gasteiger partial charge in [0.05, 0.1) is 0 Å². The molecule has 0 saturated heterocycles. The Kier molecular flexibility index (Phi) is 8.73. The topological polar surface area (TPSA) is 76.1 Å². The molecule has 0 aliphatic carbocycles. The number of hydrogen-bond donors (Lipinski definition) is 0. The Balaban J connectivity index is 1.64. The molecule has 7 nitrogen and oxygen atoms in total. The molecule has 8 heteroatoms. The van der Waals surface area contributed by atoms with E-state index in [4.69, 9.17) is 28.7 Å². The van der Waals surface area contributed by atoms with E-state index in [1.54, 1.807) is 40.6 Å². The van der Waals surface area contributed by atoms with Crippen LogP contribution in [0.25, 0.3) is 21.3 Å². The van der Waals surface area contributed by atoms with Crippen molar-refractivity contribution < 1.29 is 28.5 Å². The summed E-state index contributed by atoms with van der Waals surface area (Å²) in [6.07, 6.45) is 0. The molecular weight excluding hydrogens is 585 g/mol. The van der Waals surface area contributed by atoms with E-state index in [2.05, 4.69) is 0 Å². The third kappa shape index (κ3) is 5.99. The number of ether oxygens (including phenoxy) is 5. The molecule has 0 aliphatic rings. The van der Waals surface area contributed by atoms with Gasteiger partial charge in [0.25, 0.3) is 0 Å². The van der Waals surface area contributed by atoms with Crippen LogP contribution in [-0.4, -0.2) is 53.7 Å². The van der Waals surface area contributed by atoms with Crippen LogP contribution in [0.2, 0.25) is 0 Å². The molecule has 1 heterocycles. The molecule has 0 bridgehead atoms. The van der Waals surface area contributed by atoms with E-state index in [-0.39, 0.29) is 5.78 Å². The Bertz CT molecular complexity index is 1620. The van der Waals surface area contributed by atoms with Crippen LogP contribution in [0.15, 0.2) is 91.0 Å². The second kappa shape index (κ2) is 12.8. The van der Waals surface area contributed by atoms with Gasteiger partial charge in [-0.05, 0) is 0 Å². The van der Waals surface area contributed by atoms with Crippen LogP contribution in [0.3, 0.4) is 0 Å². The van der Waals surface area contributed by atoms with E-state index in [9.17, 15) is 4.79 Å². The second-order valence-corrected chi connectivity index (χ2v) is 11.0. The molecule has 0 radical (unpaired) electrons. The summed E-state index contributed by atoms with van der Waals surface area (Å²) in [6.45, 7) is 0.379. The zero-order valence-corrected chi connectivity index (χ0v) is 24.9. The van der Waals surface area contributed by atoms with Crippen molar-refractivity contribution in [1.29, 1.82) is 0 Å². The van der Waals surface area contributed by atoms with Gasteiger partial charge in [0, 0.05) is 0 Å². The molecule has 0 saturated carbocycles. The van der Waals surface area contributed by atoms with Gasteiger partial charge in [0.15, 0.2) is 0 Å². The Morgan fingerprint density at radius 3 is 1.90 bits per heavy atom. The zero-order valence-electron chi connectivity index (χ0n) is 23.2. The van der Waals surface area contributed by atoms with Crippen LogP contribution in [0.1, 0.15) is 20.5 Å². The molecule has 5 rings (SSSR count). The summed E-state index contributed by atoms with van der Waals surface area (Å²) in [5.74, 6) is 2.63. The molecule has 0 amide bonds. The van der Waals surface area contributed by atoms with E-state index in [1.165, 1.54) is 0 Å². The Morgan fingerprint density at radius 2 is 1.29 bits per heavy atom. The van der Waals surface area contributed by atoms with Crippen molar-refractivity contribution >= 4 is 20.3 Å². The number of nitrogens with zero attached hydrogens (tertiary/aromatic N) is 1. The van der Waals surface area contributed by atoms with Gasteiger partial charge in [-0.15, -0.1) is 0 Å². The van der Waals surface area contributed by atoms with Gasteiger partial charge in [0.2, 0.25) is 0 Å². The van der Waals surface area contributed by atoms with Gasteiger partial charge in [-0.2, -0.15) is 0 Å². The SMILES string of the molecule is COc1ccc(-c2nc(C(=O)c3ccccc3)[se]c2-c2cc(OC)c(OC)c(OC)c2)cc1OCc1ccccc1. The van der Waals surface area contributed by atoms with Crippen molar-refractivity contribution in [3.05, 3.63) is 107 Å². The quantitative estimate of drug-likeness (QED) is 0.127. The number of rotatable bonds is 11. The fraction of sp³-hybridized carbons (Fsp3) is 0.152. The van der Waals surface area contributed by atoms with Crippen molar-refractivity contribution in [3.63, 3.8) is 0 Å². The monoisotopic (exact) mass is 615 g/mol. The number of aromatic nitrogens is 1. The van der Waals surface area contributed by atoms with Crippen molar-refractivity contribution in [1.82, 2.24) is 4.98 Å². The molecule has 1 aromatic heterocycles. The first kappa shape index (κ1) is 28.0. The molecule has 0 aliphatic heterocycles. The molecule has 0 spiro atoms. The zero-order chi connectivity index (χ0) is 28.8. The van der Waals surface area contributed by atoms with Crippen LogP contribution in [0, 0.1) is 0 Å². The van der Waals surface area contributed by atoms with Crippen LogP contribution in [0.5, 0.6) is 28.7 Å². The van der Waals surface area contributed by atoms with E-state index in [0.717, 1.165) is 21.1 Å². The van der Waals surface area contributed by atoms with Gasteiger partial charge in [0.1, 0.15) is 0 Å². The Labute approximate surface area is 245 Å². The van der Waals surface area contributed by atoms with Crippen molar-refractivity contribution in [2.75, 3.05) is 28.4 Å². The van der Waals surface area contributed by atoms with Crippen LogP contribution in [0.4, 0.5) is 0 Å². The Hall–Kier alpha value is -4.52. The number of carbonyl (C=O) groups excluding carboxylic acids is 1. The van der Waals surface area contributed by atoms with E-state index in [1.807, 2.05) is 78.9 Å². The number of carbonyl (C=O) groups is 1. The molecule has 208 valence electrons. The standard InChI is InChI=1S/C33H29NO6Se/c1-36-25-16-15-23(17-26(25)40-20-21-11-7-5-8-12-21)29-32(24-18-27(37-2)31(39-4)28(19-24)38-3)41-33(34-29)30(35)22-13-9-6-10-14-22/h5-19H,20H2,1-4H3. The van der Waals surface area contributed by atoms with Gasteiger partial charge in [-0.1, -0.05) is 0 Å². The van der Waals surface area contributed by atoms with Crippen LogP contribution < -0.4 is 23.7 Å². The first-order valence-electron chi connectivity index (χ1n) is 12.8. The first-order chi connectivity index (χ1) is 20.1. The molecule has 0 atom stereocenters. The third-order valence-corrected chi connectivity index (χ3v) is 8.77. The molecule has 4 aromatic carbocycles. The average molecular weight is 615 g/mol. The maximum atomic E-state index is 13.5. The van der Waals surface area contributed by atoms with E-state index in [0.29, 0.717) is 51.2 Å². The molecule has 41 heavy (non-hydrogen) atoms. The summed E-state index contributed by atoms with van der Waals surface area (Å²) in [4.78, 5) is 18.4. The van der Waals surface area contributed by atoms with E-state index >= 15 is 0 Å². The van der Waals surface area contributed by atoms with Crippen molar-refractivity contribution in [3.8, 4) is 50.0 Å². The fourth-order valence-electron chi connectivity index (χ4n) is 4.41. The van der Waals surface area contributed by atoms with Crippen LogP contribution in [-0.2, 0) is 6.61 Å². The van der Waals surface area contributed by atoms with Gasteiger partial charge in [-0.3, -0.25) is 0 Å². The van der Waals surface area contributed by atoms with Gasteiger partial charge in [-0.25, -0.2) is 0 Å². The number of benzene rings is 4. The van der Waals surface area contributed by atoms with Gasteiger partial charge < -0.3 is 0 Å². The molecule has 0 fully saturated rings. The predicted molar refractivity (Wildman–Crippen MR) is 159 cm³/mol. The van der Waals surface area contributed by atoms with Crippen molar-refractivity contribution in [2.45, 2.75) is 6.61 Å². The number of hydrogen-bond acceptors (Lipinski definition) is 7. The maximum absolute atomic E-state index is 13.5. The second-order valence-electron chi connectivity index (χ2n) is 8.95. The van der Waals surface area contributed by atoms with Crippen LogP contribution >= 0.6 is 0 Å². The Morgan fingerprint density at radius 1 is 0.683 bits per heavy atom. The third-order valence-electron chi connectivity index (χ3n) is 6.46. The summed E-state index contributed by atoms with van der Waals surface area (Å²) >= 11 is -0.405. The molecule has 0 N–H and O–H groups in total. The minimum absolute atomic E-state index is 0.0976.